The largest absolute Gasteiger partial charge is 0.351 e. The third kappa shape index (κ3) is 4.36. The molecule has 0 saturated heterocycles. The molecule has 0 aliphatic rings. The first kappa shape index (κ1) is 16.2. The minimum Gasteiger partial charge on any atom is -0.351 e. The van der Waals surface area contributed by atoms with Crippen LogP contribution in [0.25, 0.3) is 0 Å². The summed E-state index contributed by atoms with van der Waals surface area (Å²) < 4.78 is 13.7. The topological polar surface area (TPSA) is 55.1 Å². The third-order valence-corrected chi connectivity index (χ3v) is 3.32. The van der Waals surface area contributed by atoms with Crippen LogP contribution in [0.3, 0.4) is 0 Å². The summed E-state index contributed by atoms with van der Waals surface area (Å²) in [5, 5.41) is 2.76. The summed E-state index contributed by atoms with van der Waals surface area (Å²) in [5.74, 6) is 5.13. The minimum atomic E-state index is -0.451. The van der Waals surface area contributed by atoms with Crippen LogP contribution in [0.4, 0.5) is 4.39 Å². The molecular weight excluding hydrogens is 255 g/mol. The highest BCUT2D eigenvalue weighted by Gasteiger charge is 2.24. The van der Waals surface area contributed by atoms with Gasteiger partial charge in [0.05, 0.1) is 6.54 Å². The van der Waals surface area contributed by atoms with E-state index in [0.717, 1.165) is 6.42 Å². The number of halogens is 1. The summed E-state index contributed by atoms with van der Waals surface area (Å²) >= 11 is 0. The van der Waals surface area contributed by atoms with Gasteiger partial charge in [-0.3, -0.25) is 4.79 Å². The van der Waals surface area contributed by atoms with Gasteiger partial charge >= 0.3 is 0 Å². The predicted molar refractivity (Wildman–Crippen MR) is 78.3 cm³/mol. The molecule has 1 aromatic rings. The van der Waals surface area contributed by atoms with E-state index in [9.17, 15) is 9.18 Å². The Hall–Kier alpha value is -1.86. The number of rotatable bonds is 4. The zero-order valence-corrected chi connectivity index (χ0v) is 12.2. The molecule has 0 radical (unpaired) electrons. The van der Waals surface area contributed by atoms with Crippen LogP contribution in [0.1, 0.15) is 38.3 Å². The van der Waals surface area contributed by atoms with Gasteiger partial charge in [0.25, 0.3) is 0 Å². The molecule has 0 heterocycles. The number of carbonyl (C=O) groups is 1. The fraction of sp³-hybridized carbons (Fsp3) is 0.438. The molecule has 1 aromatic carbocycles. The lowest BCUT2D eigenvalue weighted by Crippen LogP contribution is -2.36. The fourth-order valence-corrected chi connectivity index (χ4v) is 1.52. The van der Waals surface area contributed by atoms with Crippen molar-refractivity contribution in [2.75, 3.05) is 6.54 Å². The summed E-state index contributed by atoms with van der Waals surface area (Å²) in [5.41, 5.74) is 5.97. The number of nitrogens with one attached hydrogen (secondary N) is 1. The van der Waals surface area contributed by atoms with Gasteiger partial charge in [0.15, 0.2) is 0 Å². The van der Waals surface area contributed by atoms with Crippen molar-refractivity contribution in [2.24, 2.45) is 11.1 Å². The number of nitrogens with two attached hydrogens (primary N) is 1. The minimum absolute atomic E-state index is 0.0853. The lowest BCUT2D eigenvalue weighted by Gasteiger charge is -2.21. The van der Waals surface area contributed by atoms with Gasteiger partial charge in [-0.1, -0.05) is 32.6 Å². The first-order valence-corrected chi connectivity index (χ1v) is 6.66. The van der Waals surface area contributed by atoms with Gasteiger partial charge in [0, 0.05) is 23.1 Å². The van der Waals surface area contributed by atoms with Gasteiger partial charge in [-0.15, -0.1) is 0 Å². The van der Waals surface area contributed by atoms with Crippen LogP contribution in [-0.2, 0) is 11.3 Å². The molecule has 1 rings (SSSR count). The van der Waals surface area contributed by atoms with Crippen molar-refractivity contribution in [3.63, 3.8) is 0 Å². The molecule has 20 heavy (non-hydrogen) atoms. The lowest BCUT2D eigenvalue weighted by molar-refractivity contribution is -0.129. The Morgan fingerprint density at radius 1 is 1.45 bits per heavy atom. The van der Waals surface area contributed by atoms with Crippen molar-refractivity contribution < 1.29 is 9.18 Å². The standard InChI is InChI=1S/C16H21FN2O/c1-4-16(2,3)15(20)19-11-13-10-12(6-5-9-18)7-8-14(13)17/h7-8,10H,4,9,11,18H2,1-3H3,(H,19,20). The van der Waals surface area contributed by atoms with Crippen LogP contribution in [0.2, 0.25) is 0 Å². The second kappa shape index (κ2) is 7.06. The number of carbonyl (C=O) groups excluding carboxylic acids is 1. The average molecular weight is 276 g/mol. The Kier molecular flexibility index (Phi) is 5.72. The third-order valence-electron chi connectivity index (χ3n) is 3.32. The first-order valence-electron chi connectivity index (χ1n) is 6.66. The van der Waals surface area contributed by atoms with Crippen molar-refractivity contribution in [1.82, 2.24) is 5.32 Å². The maximum atomic E-state index is 13.7. The van der Waals surface area contributed by atoms with Crippen LogP contribution in [0, 0.1) is 23.1 Å². The Morgan fingerprint density at radius 3 is 2.75 bits per heavy atom. The van der Waals surface area contributed by atoms with Crippen molar-refractivity contribution in [3.8, 4) is 11.8 Å². The van der Waals surface area contributed by atoms with Crippen LogP contribution in [0.15, 0.2) is 18.2 Å². The summed E-state index contributed by atoms with van der Waals surface area (Å²) in [7, 11) is 0. The van der Waals surface area contributed by atoms with Gasteiger partial charge < -0.3 is 11.1 Å². The molecule has 0 fully saturated rings. The smallest absolute Gasteiger partial charge is 0.225 e. The van der Waals surface area contributed by atoms with E-state index in [0.29, 0.717) is 11.1 Å². The zero-order chi connectivity index (χ0) is 15.2. The number of benzene rings is 1. The number of hydrogen-bond donors (Lipinski definition) is 2. The summed E-state index contributed by atoms with van der Waals surface area (Å²) in [6, 6.07) is 4.59. The molecule has 4 heteroatoms. The van der Waals surface area contributed by atoms with Crippen molar-refractivity contribution in [1.29, 1.82) is 0 Å². The maximum absolute atomic E-state index is 13.7. The van der Waals surface area contributed by atoms with E-state index in [1.54, 1.807) is 12.1 Å². The monoisotopic (exact) mass is 276 g/mol. The van der Waals surface area contributed by atoms with Crippen LogP contribution in [0.5, 0.6) is 0 Å². The maximum Gasteiger partial charge on any atom is 0.225 e. The van der Waals surface area contributed by atoms with Crippen molar-refractivity contribution in [3.05, 3.63) is 35.1 Å². The Balaban J connectivity index is 2.80. The van der Waals surface area contributed by atoms with Crippen molar-refractivity contribution in [2.45, 2.75) is 33.7 Å². The van der Waals surface area contributed by atoms with E-state index >= 15 is 0 Å². The van der Waals surface area contributed by atoms with Gasteiger partial charge in [0.1, 0.15) is 5.82 Å². The molecule has 0 unspecified atom stereocenters. The first-order chi connectivity index (χ1) is 9.40. The molecule has 0 aromatic heterocycles. The Bertz CT molecular complexity index is 541. The Labute approximate surface area is 119 Å². The van der Waals surface area contributed by atoms with Gasteiger partial charge in [-0.25, -0.2) is 4.39 Å². The van der Waals surface area contributed by atoms with Gasteiger partial charge in [-0.05, 0) is 24.6 Å². The highest BCUT2D eigenvalue weighted by molar-refractivity contribution is 5.81. The molecule has 0 saturated carbocycles. The van der Waals surface area contributed by atoms with E-state index in [2.05, 4.69) is 17.2 Å². The quantitative estimate of drug-likeness (QED) is 0.828. The molecule has 3 nitrogen and oxygen atoms in total. The van der Waals surface area contributed by atoms with Crippen LogP contribution < -0.4 is 11.1 Å². The molecular formula is C16H21FN2O. The number of hydrogen-bond acceptors (Lipinski definition) is 2. The molecule has 108 valence electrons. The van der Waals surface area contributed by atoms with Gasteiger partial charge in [0.2, 0.25) is 5.91 Å². The molecule has 0 atom stereocenters. The molecule has 1 amide bonds. The second-order valence-electron chi connectivity index (χ2n) is 5.23. The highest BCUT2D eigenvalue weighted by atomic mass is 19.1. The summed E-state index contributed by atoms with van der Waals surface area (Å²) in [6.07, 6.45) is 0.726. The van der Waals surface area contributed by atoms with E-state index in [1.165, 1.54) is 6.07 Å². The molecule has 0 aliphatic carbocycles. The van der Waals surface area contributed by atoms with E-state index in [1.807, 2.05) is 20.8 Å². The number of amides is 1. The van der Waals surface area contributed by atoms with E-state index in [-0.39, 0.29) is 24.8 Å². The molecule has 0 aliphatic heterocycles. The molecule has 0 spiro atoms. The van der Waals surface area contributed by atoms with Crippen LogP contribution in [-0.4, -0.2) is 12.5 Å². The SMILES string of the molecule is CCC(C)(C)C(=O)NCc1cc(C#CCN)ccc1F. The Morgan fingerprint density at radius 2 is 2.15 bits per heavy atom. The average Bonchev–Trinajstić information content (AvgIpc) is 2.44. The predicted octanol–water partition coefficient (Wildman–Crippen LogP) is 2.19. The van der Waals surface area contributed by atoms with E-state index < -0.39 is 5.41 Å². The zero-order valence-electron chi connectivity index (χ0n) is 12.2. The van der Waals surface area contributed by atoms with Gasteiger partial charge in [-0.2, -0.15) is 0 Å². The van der Waals surface area contributed by atoms with Crippen LogP contribution >= 0.6 is 0 Å². The summed E-state index contributed by atoms with van der Waals surface area (Å²) in [4.78, 5) is 12.0. The lowest BCUT2D eigenvalue weighted by atomic mass is 9.89. The summed E-state index contributed by atoms with van der Waals surface area (Å²) in [6.45, 7) is 6.09. The van der Waals surface area contributed by atoms with E-state index in [4.69, 9.17) is 5.73 Å². The highest BCUT2D eigenvalue weighted by Crippen LogP contribution is 2.20. The van der Waals surface area contributed by atoms with Crippen molar-refractivity contribution >= 4 is 5.91 Å². The normalized spacial score (nSPS) is 10.7. The molecule has 3 N–H and O–H groups in total. The second-order valence-corrected chi connectivity index (χ2v) is 5.23. The fourth-order valence-electron chi connectivity index (χ4n) is 1.52. The molecule has 0 bridgehead atoms.